The van der Waals surface area contributed by atoms with Crippen LogP contribution in [0.2, 0.25) is 0 Å². The van der Waals surface area contributed by atoms with Crippen molar-refractivity contribution in [2.45, 2.75) is 36.3 Å². The fourth-order valence-corrected chi connectivity index (χ4v) is 5.68. The van der Waals surface area contributed by atoms with Gasteiger partial charge < -0.3 is 9.64 Å². The van der Waals surface area contributed by atoms with E-state index in [0.29, 0.717) is 6.61 Å². The quantitative estimate of drug-likeness (QED) is 0.669. The third-order valence-corrected chi connectivity index (χ3v) is 6.94. The lowest BCUT2D eigenvalue weighted by atomic mass is 9.82. The highest BCUT2D eigenvalue weighted by Crippen LogP contribution is 2.60. The van der Waals surface area contributed by atoms with Gasteiger partial charge in [-0.05, 0) is 49.5 Å². The summed E-state index contributed by atoms with van der Waals surface area (Å²) in [5.74, 6) is 0. The molecule has 0 aliphatic carbocycles. The van der Waals surface area contributed by atoms with Crippen molar-refractivity contribution in [1.29, 1.82) is 0 Å². The maximum Gasteiger partial charge on any atom is 0.409 e. The van der Waals surface area contributed by atoms with Crippen LogP contribution in [0.1, 0.15) is 37.8 Å². The highest BCUT2D eigenvalue weighted by atomic mass is 32.2. The van der Waals surface area contributed by atoms with Crippen molar-refractivity contribution in [3.63, 3.8) is 0 Å². The predicted octanol–water partition coefficient (Wildman–Crippen LogP) is 5.71. The van der Waals surface area contributed by atoms with Gasteiger partial charge in [0.05, 0.1) is 11.4 Å². The number of amides is 1. The van der Waals surface area contributed by atoms with Crippen LogP contribution in [0.3, 0.4) is 0 Å². The fraction of sp³-hybridized carbons (Fsp3) is 0.348. The molecular weight excluding hydrogens is 354 g/mol. The van der Waals surface area contributed by atoms with E-state index in [2.05, 4.69) is 61.5 Å². The molecule has 0 spiro atoms. The molecule has 1 amide bonds. The zero-order valence-electron chi connectivity index (χ0n) is 15.9. The van der Waals surface area contributed by atoms with Crippen molar-refractivity contribution in [2.24, 2.45) is 0 Å². The number of nitrogens with zero attached hydrogens (tertiary/aromatic N) is 1. The van der Waals surface area contributed by atoms with E-state index in [4.69, 9.17) is 4.74 Å². The van der Waals surface area contributed by atoms with E-state index < -0.39 is 0 Å². The third kappa shape index (κ3) is 3.27. The number of benzene rings is 2. The van der Waals surface area contributed by atoms with Crippen LogP contribution < -0.4 is 0 Å². The van der Waals surface area contributed by atoms with E-state index in [1.54, 1.807) is 0 Å². The van der Waals surface area contributed by atoms with Crippen LogP contribution in [0.25, 0.3) is 5.57 Å². The van der Waals surface area contributed by atoms with Crippen molar-refractivity contribution in [1.82, 2.24) is 4.90 Å². The van der Waals surface area contributed by atoms with Gasteiger partial charge >= 0.3 is 6.09 Å². The standard InChI is InChI=1S/C23H25NO2S/c1-3-26-22(25)24-15-13-17(14-16-24)21-19-11-7-8-12-20(19)27-23(21,2)18-9-5-4-6-10-18/h4-12H,3,13-16H2,1-2H3. The molecule has 4 rings (SSSR count). The first kappa shape index (κ1) is 18.2. The summed E-state index contributed by atoms with van der Waals surface area (Å²) in [5, 5.41) is 0. The summed E-state index contributed by atoms with van der Waals surface area (Å²) in [4.78, 5) is 15.2. The van der Waals surface area contributed by atoms with Crippen molar-refractivity contribution in [3.05, 3.63) is 71.3 Å². The van der Waals surface area contributed by atoms with Gasteiger partial charge in [0.15, 0.2) is 0 Å². The maximum atomic E-state index is 12.1. The van der Waals surface area contributed by atoms with Crippen molar-refractivity contribution in [2.75, 3.05) is 19.7 Å². The topological polar surface area (TPSA) is 29.5 Å². The predicted molar refractivity (Wildman–Crippen MR) is 111 cm³/mol. The lowest BCUT2D eigenvalue weighted by Gasteiger charge is -2.33. The van der Waals surface area contributed by atoms with Gasteiger partial charge in [-0.1, -0.05) is 54.1 Å². The van der Waals surface area contributed by atoms with Crippen LogP contribution in [0.4, 0.5) is 4.79 Å². The van der Waals surface area contributed by atoms with Crippen molar-refractivity contribution >= 4 is 23.4 Å². The Morgan fingerprint density at radius 1 is 1.07 bits per heavy atom. The Kier molecular flexibility index (Phi) is 5.00. The molecule has 0 radical (unpaired) electrons. The van der Waals surface area contributed by atoms with Crippen LogP contribution in [-0.2, 0) is 9.48 Å². The van der Waals surface area contributed by atoms with E-state index in [9.17, 15) is 4.79 Å². The molecule has 1 atom stereocenters. The highest BCUT2D eigenvalue weighted by Gasteiger charge is 2.42. The molecule has 2 heterocycles. The number of likely N-dealkylation sites (tertiary alicyclic amines) is 1. The molecule has 2 aromatic carbocycles. The number of hydrogen-bond acceptors (Lipinski definition) is 3. The molecule has 2 aliphatic rings. The van der Waals surface area contributed by atoms with E-state index >= 15 is 0 Å². The Hall–Kier alpha value is -2.20. The van der Waals surface area contributed by atoms with Gasteiger partial charge in [-0.2, -0.15) is 0 Å². The van der Waals surface area contributed by atoms with E-state index in [1.807, 2.05) is 23.6 Å². The molecule has 0 saturated carbocycles. The summed E-state index contributed by atoms with van der Waals surface area (Å²) in [5.41, 5.74) is 5.60. The number of ether oxygens (including phenoxy) is 1. The molecular formula is C23H25NO2S. The Labute approximate surface area is 165 Å². The molecule has 3 nitrogen and oxygen atoms in total. The van der Waals surface area contributed by atoms with Crippen LogP contribution in [0.15, 0.2) is 65.1 Å². The normalized spacial score (nSPS) is 21.9. The second kappa shape index (κ2) is 7.43. The second-order valence-corrected chi connectivity index (χ2v) is 8.62. The zero-order valence-corrected chi connectivity index (χ0v) is 16.7. The van der Waals surface area contributed by atoms with Crippen molar-refractivity contribution < 1.29 is 9.53 Å². The zero-order chi connectivity index (χ0) is 18.9. The Morgan fingerprint density at radius 3 is 2.44 bits per heavy atom. The van der Waals surface area contributed by atoms with Gasteiger partial charge in [0, 0.05) is 18.0 Å². The lowest BCUT2D eigenvalue weighted by Crippen LogP contribution is -2.37. The van der Waals surface area contributed by atoms with Crippen molar-refractivity contribution in [3.8, 4) is 0 Å². The summed E-state index contributed by atoms with van der Waals surface area (Å²) in [6, 6.07) is 19.5. The molecule has 1 saturated heterocycles. The first-order chi connectivity index (χ1) is 13.1. The summed E-state index contributed by atoms with van der Waals surface area (Å²) in [6.45, 7) is 6.09. The molecule has 27 heavy (non-hydrogen) atoms. The minimum absolute atomic E-state index is 0.0909. The maximum absolute atomic E-state index is 12.1. The summed E-state index contributed by atoms with van der Waals surface area (Å²) >= 11 is 1.95. The summed E-state index contributed by atoms with van der Waals surface area (Å²) in [7, 11) is 0. The monoisotopic (exact) mass is 379 g/mol. The average molecular weight is 380 g/mol. The van der Waals surface area contributed by atoms with E-state index in [1.165, 1.54) is 27.2 Å². The molecule has 2 aliphatic heterocycles. The van der Waals surface area contributed by atoms with Crippen LogP contribution in [-0.4, -0.2) is 30.7 Å². The van der Waals surface area contributed by atoms with Gasteiger partial charge in [-0.25, -0.2) is 4.79 Å². The SMILES string of the molecule is CCOC(=O)N1CCC(=C2c3ccccc3SC2(C)c2ccccc2)CC1. The van der Waals surface area contributed by atoms with Gasteiger partial charge in [-0.15, -0.1) is 11.8 Å². The first-order valence-electron chi connectivity index (χ1n) is 9.61. The molecule has 0 N–H and O–H groups in total. The largest absolute Gasteiger partial charge is 0.450 e. The van der Waals surface area contributed by atoms with Crippen LogP contribution in [0.5, 0.6) is 0 Å². The Morgan fingerprint density at radius 2 is 1.74 bits per heavy atom. The number of carbonyl (C=O) groups is 1. The third-order valence-electron chi connectivity index (χ3n) is 5.52. The molecule has 1 fully saturated rings. The van der Waals surface area contributed by atoms with Gasteiger partial charge in [0.25, 0.3) is 0 Å². The highest BCUT2D eigenvalue weighted by molar-refractivity contribution is 8.01. The molecule has 0 aromatic heterocycles. The summed E-state index contributed by atoms with van der Waals surface area (Å²) in [6.07, 6.45) is 1.63. The number of hydrogen-bond donors (Lipinski definition) is 0. The lowest BCUT2D eigenvalue weighted by molar-refractivity contribution is 0.104. The number of thioether (sulfide) groups is 1. The smallest absolute Gasteiger partial charge is 0.409 e. The van der Waals surface area contributed by atoms with Gasteiger partial charge in [0.2, 0.25) is 0 Å². The first-order valence-corrected chi connectivity index (χ1v) is 10.4. The van der Waals surface area contributed by atoms with E-state index in [0.717, 1.165) is 25.9 Å². The molecule has 140 valence electrons. The molecule has 0 bridgehead atoms. The minimum Gasteiger partial charge on any atom is -0.450 e. The fourth-order valence-electron chi connectivity index (χ4n) is 4.20. The summed E-state index contributed by atoms with van der Waals surface area (Å²) < 4.78 is 5.08. The second-order valence-electron chi connectivity index (χ2n) is 7.16. The Balaban J connectivity index is 1.72. The van der Waals surface area contributed by atoms with Gasteiger partial charge in [-0.3, -0.25) is 0 Å². The molecule has 2 aromatic rings. The molecule has 4 heteroatoms. The number of fused-ring (bicyclic) bond motifs is 1. The number of carbonyl (C=O) groups excluding carboxylic acids is 1. The average Bonchev–Trinajstić information content (AvgIpc) is 3.02. The minimum atomic E-state index is -0.187. The van der Waals surface area contributed by atoms with E-state index in [-0.39, 0.29) is 10.8 Å². The number of rotatable bonds is 2. The van der Waals surface area contributed by atoms with Gasteiger partial charge in [0.1, 0.15) is 0 Å². The number of piperidine rings is 1. The van der Waals surface area contributed by atoms with Crippen LogP contribution >= 0.6 is 11.8 Å². The molecule has 1 unspecified atom stereocenters. The Bertz CT molecular complexity index is 867. The van der Waals surface area contributed by atoms with Crippen LogP contribution in [0, 0.1) is 0 Å².